The Hall–Kier alpha value is -1.63. The Kier molecular flexibility index (Phi) is 4.80. The van der Waals surface area contributed by atoms with Gasteiger partial charge in [-0.15, -0.1) is 0 Å². The van der Waals surface area contributed by atoms with Gasteiger partial charge in [-0.1, -0.05) is 0 Å². The first-order valence-electron chi connectivity index (χ1n) is 8.24. The number of carbonyl (C=O) groups is 1. The number of nitrogens with zero attached hydrogens (tertiary/aromatic N) is 1. The van der Waals surface area contributed by atoms with Crippen LogP contribution in [0.1, 0.15) is 47.5 Å². The van der Waals surface area contributed by atoms with E-state index < -0.39 is 35.6 Å². The van der Waals surface area contributed by atoms with Crippen molar-refractivity contribution in [3.05, 3.63) is 34.9 Å². The molecule has 132 valence electrons. The monoisotopic (exact) mass is 344 g/mol. The van der Waals surface area contributed by atoms with Gasteiger partial charge >= 0.3 is 0 Å². The van der Waals surface area contributed by atoms with Crippen molar-refractivity contribution in [1.82, 2.24) is 10.2 Å². The van der Waals surface area contributed by atoms with Gasteiger partial charge in [-0.3, -0.25) is 4.79 Å². The van der Waals surface area contributed by atoms with E-state index in [1.54, 1.807) is 0 Å². The summed E-state index contributed by atoms with van der Waals surface area (Å²) in [5, 5.41) is 3.15. The molecule has 2 fully saturated rings. The molecule has 0 unspecified atom stereocenters. The summed E-state index contributed by atoms with van der Waals surface area (Å²) in [6.45, 7) is 0.846. The average Bonchev–Trinajstić information content (AvgIpc) is 2.56. The minimum Gasteiger partial charge on any atom is -0.333 e. The molecule has 0 bridgehead atoms. The van der Waals surface area contributed by atoms with Gasteiger partial charge in [0, 0.05) is 13.0 Å². The van der Waals surface area contributed by atoms with Gasteiger partial charge in [0.05, 0.1) is 12.1 Å². The molecule has 1 N–H and O–H groups in total. The zero-order valence-electron chi connectivity index (χ0n) is 13.3. The second kappa shape index (κ2) is 6.70. The number of amides is 1. The highest BCUT2D eigenvalue weighted by atomic mass is 19.3. The minimum atomic E-state index is -2.97. The normalized spacial score (nSPS) is 21.8. The Balaban J connectivity index is 1.83. The molecule has 2 aliphatic heterocycles. The number of nitrogens with one attached hydrogen (secondary N) is 1. The van der Waals surface area contributed by atoms with E-state index in [0.29, 0.717) is 12.8 Å². The molecule has 0 atom stereocenters. The second-order valence-corrected chi connectivity index (χ2v) is 6.56. The molecule has 2 heterocycles. The summed E-state index contributed by atoms with van der Waals surface area (Å²) < 4.78 is 55.7. The number of hydrogen-bond acceptors (Lipinski definition) is 2. The van der Waals surface area contributed by atoms with Crippen LogP contribution in [0.3, 0.4) is 0 Å². The first kappa shape index (κ1) is 17.2. The molecule has 3 rings (SSSR count). The Bertz CT molecular complexity index is 629. The van der Waals surface area contributed by atoms with Crippen molar-refractivity contribution in [2.24, 2.45) is 0 Å². The molecule has 1 amide bonds. The fourth-order valence-electron chi connectivity index (χ4n) is 3.48. The lowest BCUT2D eigenvalue weighted by molar-refractivity contribution is -0.0561. The van der Waals surface area contributed by atoms with Gasteiger partial charge in [-0.2, -0.15) is 0 Å². The summed E-state index contributed by atoms with van der Waals surface area (Å²) >= 11 is 0. The van der Waals surface area contributed by atoms with Crippen LogP contribution in [0, 0.1) is 11.6 Å². The standard InChI is InChI=1S/C17H20F4N2O/c18-14-9-13(16(24)23-7-1-4-17(20,21)10-23)15(19)8-12(14)11-2-5-22-6-3-11/h8-9,11,22H,1-7,10H2. The maximum absolute atomic E-state index is 14.4. The molecule has 3 nitrogen and oxygen atoms in total. The summed E-state index contributed by atoms with van der Waals surface area (Å²) in [6, 6.07) is 1.92. The number of carbonyl (C=O) groups excluding carboxylic acids is 1. The van der Waals surface area contributed by atoms with E-state index in [9.17, 15) is 22.4 Å². The van der Waals surface area contributed by atoms with Crippen LogP contribution in [-0.4, -0.2) is 42.9 Å². The molecule has 0 saturated carbocycles. The predicted octanol–water partition coefficient (Wildman–Crippen LogP) is 3.30. The van der Waals surface area contributed by atoms with Crippen molar-refractivity contribution in [3.63, 3.8) is 0 Å². The SMILES string of the molecule is O=C(c1cc(F)c(C2CCNCC2)cc1F)N1CCCC(F)(F)C1. The summed E-state index contributed by atoms with van der Waals surface area (Å²) in [5.74, 6) is -5.43. The zero-order chi connectivity index (χ0) is 17.3. The third-order valence-corrected chi connectivity index (χ3v) is 4.78. The maximum atomic E-state index is 14.4. The molecule has 0 radical (unpaired) electrons. The van der Waals surface area contributed by atoms with Crippen LogP contribution in [0.2, 0.25) is 0 Å². The van der Waals surface area contributed by atoms with Gasteiger partial charge in [-0.25, -0.2) is 17.6 Å². The highest BCUT2D eigenvalue weighted by Crippen LogP contribution is 2.31. The maximum Gasteiger partial charge on any atom is 0.265 e. The third kappa shape index (κ3) is 3.55. The van der Waals surface area contributed by atoms with E-state index in [-0.39, 0.29) is 30.9 Å². The quantitative estimate of drug-likeness (QED) is 0.835. The van der Waals surface area contributed by atoms with Crippen LogP contribution in [0.5, 0.6) is 0 Å². The molecular formula is C17H20F4N2O. The Morgan fingerprint density at radius 1 is 1.17 bits per heavy atom. The van der Waals surface area contributed by atoms with Crippen molar-refractivity contribution in [1.29, 1.82) is 0 Å². The summed E-state index contributed by atoms with van der Waals surface area (Å²) in [6.07, 6.45) is 1.25. The van der Waals surface area contributed by atoms with E-state index >= 15 is 0 Å². The van der Waals surface area contributed by atoms with Crippen LogP contribution >= 0.6 is 0 Å². The summed E-state index contributed by atoms with van der Waals surface area (Å²) in [5.41, 5.74) is -0.211. The predicted molar refractivity (Wildman–Crippen MR) is 81.3 cm³/mol. The largest absolute Gasteiger partial charge is 0.333 e. The molecule has 0 aliphatic carbocycles. The summed E-state index contributed by atoms with van der Waals surface area (Å²) in [4.78, 5) is 13.2. The summed E-state index contributed by atoms with van der Waals surface area (Å²) in [7, 11) is 0. The van der Waals surface area contributed by atoms with Crippen LogP contribution in [0.4, 0.5) is 17.6 Å². The molecule has 7 heteroatoms. The second-order valence-electron chi connectivity index (χ2n) is 6.56. The Labute approximate surface area is 138 Å². The van der Waals surface area contributed by atoms with E-state index in [1.807, 2.05) is 0 Å². The van der Waals surface area contributed by atoms with Crippen molar-refractivity contribution < 1.29 is 22.4 Å². The minimum absolute atomic E-state index is 0.0933. The molecule has 0 aromatic heterocycles. The smallest absolute Gasteiger partial charge is 0.265 e. The number of benzene rings is 1. The fraction of sp³-hybridized carbons (Fsp3) is 0.588. The van der Waals surface area contributed by atoms with E-state index in [1.165, 1.54) is 0 Å². The highest BCUT2D eigenvalue weighted by Gasteiger charge is 2.38. The van der Waals surface area contributed by atoms with Crippen molar-refractivity contribution in [2.45, 2.75) is 37.5 Å². The lowest BCUT2D eigenvalue weighted by Gasteiger charge is -2.32. The topological polar surface area (TPSA) is 32.3 Å². The highest BCUT2D eigenvalue weighted by molar-refractivity contribution is 5.94. The van der Waals surface area contributed by atoms with E-state index in [4.69, 9.17) is 0 Å². The van der Waals surface area contributed by atoms with Crippen LogP contribution in [0.25, 0.3) is 0 Å². The van der Waals surface area contributed by atoms with E-state index in [0.717, 1.165) is 30.1 Å². The van der Waals surface area contributed by atoms with Gasteiger partial charge in [-0.05, 0) is 56.0 Å². The van der Waals surface area contributed by atoms with Crippen LogP contribution in [0.15, 0.2) is 12.1 Å². The van der Waals surface area contributed by atoms with Gasteiger partial charge in [0.15, 0.2) is 0 Å². The Morgan fingerprint density at radius 3 is 2.54 bits per heavy atom. The number of likely N-dealkylation sites (tertiary alicyclic amines) is 1. The first-order chi connectivity index (χ1) is 11.4. The van der Waals surface area contributed by atoms with Crippen molar-refractivity contribution in [3.8, 4) is 0 Å². The first-order valence-corrected chi connectivity index (χ1v) is 8.24. The molecule has 0 spiro atoms. The number of halogens is 4. The molecule has 1 aromatic rings. The molecule has 24 heavy (non-hydrogen) atoms. The number of rotatable bonds is 2. The van der Waals surface area contributed by atoms with Crippen LogP contribution in [-0.2, 0) is 0 Å². The van der Waals surface area contributed by atoms with Crippen molar-refractivity contribution >= 4 is 5.91 Å². The van der Waals surface area contributed by atoms with Crippen molar-refractivity contribution in [2.75, 3.05) is 26.2 Å². The molecule has 2 aliphatic rings. The van der Waals surface area contributed by atoms with Gasteiger partial charge < -0.3 is 10.2 Å². The van der Waals surface area contributed by atoms with Gasteiger partial charge in [0.2, 0.25) is 0 Å². The lowest BCUT2D eigenvalue weighted by Crippen LogP contribution is -2.46. The van der Waals surface area contributed by atoms with E-state index in [2.05, 4.69) is 5.32 Å². The number of piperidine rings is 2. The zero-order valence-corrected chi connectivity index (χ0v) is 13.3. The van der Waals surface area contributed by atoms with Gasteiger partial charge in [0.1, 0.15) is 11.6 Å². The van der Waals surface area contributed by atoms with Crippen LogP contribution < -0.4 is 5.32 Å². The number of alkyl halides is 2. The van der Waals surface area contributed by atoms with Gasteiger partial charge in [0.25, 0.3) is 11.8 Å². The Morgan fingerprint density at radius 2 is 1.88 bits per heavy atom. The lowest BCUT2D eigenvalue weighted by atomic mass is 9.89. The molecular weight excluding hydrogens is 324 g/mol. The average molecular weight is 344 g/mol. The molecule has 2 saturated heterocycles. The molecule has 1 aromatic carbocycles. The third-order valence-electron chi connectivity index (χ3n) is 4.78. The fourth-order valence-corrected chi connectivity index (χ4v) is 3.48. The number of hydrogen-bond donors (Lipinski definition) is 1.